The summed E-state index contributed by atoms with van der Waals surface area (Å²) in [4.78, 5) is 4.20. The molecule has 0 aliphatic rings. The molecule has 1 rings (SSSR count). The normalized spacial score (nSPS) is 11.1. The number of anilines is 1. The third kappa shape index (κ3) is 3.88. The molecule has 0 aliphatic carbocycles. The van der Waals surface area contributed by atoms with Crippen molar-refractivity contribution in [1.29, 1.82) is 0 Å². The number of nitrogens with two attached hydrogens (primary N) is 1. The Hall–Kier alpha value is -0.220. The van der Waals surface area contributed by atoms with E-state index in [0.717, 1.165) is 11.6 Å². The summed E-state index contributed by atoms with van der Waals surface area (Å²) in [6.07, 6.45) is 2.58. The summed E-state index contributed by atoms with van der Waals surface area (Å²) in [5.74, 6) is 1.99. The van der Waals surface area contributed by atoms with Crippen LogP contribution in [0.25, 0.3) is 0 Å². The van der Waals surface area contributed by atoms with E-state index in [1.54, 1.807) is 11.3 Å². The van der Waals surface area contributed by atoms with Crippen LogP contribution in [0.5, 0.6) is 0 Å². The Morgan fingerprint density at radius 2 is 2.21 bits per heavy atom. The molecular weight excluding hydrogens is 212 g/mol. The summed E-state index contributed by atoms with van der Waals surface area (Å²) in [7, 11) is 0. The van der Waals surface area contributed by atoms with E-state index in [4.69, 9.17) is 5.73 Å². The Morgan fingerprint density at radius 3 is 2.71 bits per heavy atom. The van der Waals surface area contributed by atoms with Crippen LogP contribution in [0.2, 0.25) is 0 Å². The number of nitrogen functional groups attached to an aromatic ring is 1. The van der Waals surface area contributed by atoms with Crippen molar-refractivity contribution < 1.29 is 0 Å². The molecular formula is C10H18N2S2. The maximum Gasteiger partial charge on any atom is 0.181 e. The smallest absolute Gasteiger partial charge is 0.181 e. The number of aromatic nitrogens is 1. The second kappa shape index (κ2) is 5.61. The van der Waals surface area contributed by atoms with Gasteiger partial charge in [0.1, 0.15) is 0 Å². The molecule has 0 aliphatic heterocycles. The molecule has 1 aromatic rings. The molecule has 0 saturated carbocycles. The van der Waals surface area contributed by atoms with Crippen LogP contribution < -0.4 is 5.73 Å². The Bertz CT molecular complexity index is 282. The van der Waals surface area contributed by atoms with Crippen molar-refractivity contribution in [2.75, 3.05) is 11.5 Å². The van der Waals surface area contributed by atoms with Crippen LogP contribution >= 0.6 is 23.1 Å². The molecule has 0 spiro atoms. The first-order valence-electron chi connectivity index (χ1n) is 4.95. The molecule has 0 radical (unpaired) electrons. The predicted octanol–water partition coefficient (Wildman–Crippen LogP) is 3.56. The van der Waals surface area contributed by atoms with Crippen molar-refractivity contribution in [3.63, 3.8) is 0 Å². The zero-order valence-corrected chi connectivity index (χ0v) is 10.7. The van der Waals surface area contributed by atoms with E-state index in [1.165, 1.54) is 22.8 Å². The van der Waals surface area contributed by atoms with Gasteiger partial charge >= 0.3 is 0 Å². The SMILES string of the molecule is Cc1nc(N)sc1SCCCC(C)C. The molecule has 4 heteroatoms. The van der Waals surface area contributed by atoms with Gasteiger partial charge in [-0.25, -0.2) is 4.98 Å². The fourth-order valence-electron chi connectivity index (χ4n) is 1.19. The molecule has 0 unspecified atom stereocenters. The molecule has 0 fully saturated rings. The summed E-state index contributed by atoms with van der Waals surface area (Å²) in [5.41, 5.74) is 6.71. The minimum atomic E-state index is 0.689. The van der Waals surface area contributed by atoms with Gasteiger partial charge in [-0.05, 0) is 25.0 Å². The van der Waals surface area contributed by atoms with Crippen LogP contribution in [0.3, 0.4) is 0 Å². The van der Waals surface area contributed by atoms with Gasteiger partial charge < -0.3 is 5.73 Å². The second-order valence-corrected chi connectivity index (χ2v) is 6.20. The van der Waals surface area contributed by atoms with Crippen molar-refractivity contribution in [2.24, 2.45) is 5.92 Å². The topological polar surface area (TPSA) is 38.9 Å². The first-order valence-corrected chi connectivity index (χ1v) is 6.75. The summed E-state index contributed by atoms with van der Waals surface area (Å²) >= 11 is 3.49. The molecule has 0 bridgehead atoms. The van der Waals surface area contributed by atoms with Crippen LogP contribution in [0.4, 0.5) is 5.13 Å². The molecule has 0 atom stereocenters. The molecule has 0 saturated heterocycles. The van der Waals surface area contributed by atoms with Crippen LogP contribution in [0.15, 0.2) is 4.21 Å². The van der Waals surface area contributed by atoms with Crippen LogP contribution in [-0.2, 0) is 0 Å². The summed E-state index contributed by atoms with van der Waals surface area (Å²) < 4.78 is 1.28. The van der Waals surface area contributed by atoms with E-state index in [1.807, 2.05) is 18.7 Å². The lowest BCUT2D eigenvalue weighted by Gasteiger charge is -2.02. The maximum absolute atomic E-state index is 5.63. The van der Waals surface area contributed by atoms with Gasteiger partial charge in [-0.3, -0.25) is 0 Å². The summed E-state index contributed by atoms with van der Waals surface area (Å²) in [6.45, 7) is 6.55. The van der Waals surface area contributed by atoms with Gasteiger partial charge in [0.15, 0.2) is 5.13 Å². The van der Waals surface area contributed by atoms with Gasteiger partial charge in [0, 0.05) is 0 Å². The fourth-order valence-corrected chi connectivity index (χ4v) is 3.25. The fraction of sp³-hybridized carbons (Fsp3) is 0.700. The van der Waals surface area contributed by atoms with Gasteiger partial charge in [-0.1, -0.05) is 31.6 Å². The average molecular weight is 230 g/mol. The molecule has 80 valence electrons. The summed E-state index contributed by atoms with van der Waals surface area (Å²) in [6, 6.07) is 0. The Morgan fingerprint density at radius 1 is 1.50 bits per heavy atom. The average Bonchev–Trinajstić information content (AvgIpc) is 2.39. The highest BCUT2D eigenvalue weighted by molar-refractivity contribution is 8.01. The molecule has 1 aromatic heterocycles. The van der Waals surface area contributed by atoms with Gasteiger partial charge in [-0.2, -0.15) is 0 Å². The minimum absolute atomic E-state index is 0.689. The Balaban J connectivity index is 2.28. The molecule has 1 heterocycles. The van der Waals surface area contributed by atoms with E-state index < -0.39 is 0 Å². The Kier molecular flexibility index (Phi) is 4.75. The first kappa shape index (κ1) is 11.9. The van der Waals surface area contributed by atoms with E-state index >= 15 is 0 Å². The number of hydrogen-bond donors (Lipinski definition) is 1. The van der Waals surface area contributed by atoms with Gasteiger partial charge in [0.25, 0.3) is 0 Å². The first-order chi connectivity index (χ1) is 6.59. The highest BCUT2D eigenvalue weighted by Gasteiger charge is 2.05. The van der Waals surface area contributed by atoms with Crippen LogP contribution in [0.1, 0.15) is 32.4 Å². The van der Waals surface area contributed by atoms with Gasteiger partial charge in [0.05, 0.1) is 9.90 Å². The number of thioether (sulfide) groups is 1. The van der Waals surface area contributed by atoms with Gasteiger partial charge in [0.2, 0.25) is 0 Å². The highest BCUT2D eigenvalue weighted by atomic mass is 32.2. The van der Waals surface area contributed by atoms with Crippen molar-refractivity contribution >= 4 is 28.2 Å². The number of thiazole rings is 1. The van der Waals surface area contributed by atoms with Gasteiger partial charge in [-0.15, -0.1) is 11.8 Å². The third-order valence-electron chi connectivity index (χ3n) is 1.93. The maximum atomic E-state index is 5.63. The van der Waals surface area contributed by atoms with E-state index in [-0.39, 0.29) is 0 Å². The van der Waals surface area contributed by atoms with E-state index in [0.29, 0.717) is 5.13 Å². The summed E-state index contributed by atoms with van der Waals surface area (Å²) in [5, 5.41) is 0.689. The quantitative estimate of drug-likeness (QED) is 0.621. The lowest BCUT2D eigenvalue weighted by atomic mass is 10.1. The van der Waals surface area contributed by atoms with Crippen molar-refractivity contribution in [3.8, 4) is 0 Å². The van der Waals surface area contributed by atoms with E-state index in [2.05, 4.69) is 18.8 Å². The molecule has 0 amide bonds. The zero-order chi connectivity index (χ0) is 10.6. The number of rotatable bonds is 5. The molecule has 2 N–H and O–H groups in total. The molecule has 2 nitrogen and oxygen atoms in total. The number of hydrogen-bond acceptors (Lipinski definition) is 4. The highest BCUT2D eigenvalue weighted by Crippen LogP contribution is 2.31. The number of nitrogens with zero attached hydrogens (tertiary/aromatic N) is 1. The minimum Gasteiger partial charge on any atom is -0.375 e. The molecule has 14 heavy (non-hydrogen) atoms. The van der Waals surface area contributed by atoms with Crippen LogP contribution in [0, 0.1) is 12.8 Å². The van der Waals surface area contributed by atoms with Crippen molar-refractivity contribution in [2.45, 2.75) is 37.8 Å². The Labute approximate surface area is 94.3 Å². The zero-order valence-electron chi connectivity index (χ0n) is 9.04. The third-order valence-corrected chi connectivity index (χ3v) is 4.36. The number of aryl methyl sites for hydroxylation is 1. The largest absolute Gasteiger partial charge is 0.375 e. The monoisotopic (exact) mass is 230 g/mol. The standard InChI is InChI=1S/C10H18N2S2/c1-7(2)5-4-6-13-9-8(3)12-10(11)14-9/h7H,4-6H2,1-3H3,(H2,11,12). The lowest BCUT2D eigenvalue weighted by molar-refractivity contribution is 0.579. The molecule has 0 aromatic carbocycles. The second-order valence-electron chi connectivity index (χ2n) is 3.81. The van der Waals surface area contributed by atoms with Crippen molar-refractivity contribution in [1.82, 2.24) is 4.98 Å². The van der Waals surface area contributed by atoms with Crippen LogP contribution in [-0.4, -0.2) is 10.7 Å². The van der Waals surface area contributed by atoms with E-state index in [9.17, 15) is 0 Å². The predicted molar refractivity (Wildman–Crippen MR) is 66.1 cm³/mol. The van der Waals surface area contributed by atoms with Crippen molar-refractivity contribution in [3.05, 3.63) is 5.69 Å². The lowest BCUT2D eigenvalue weighted by Crippen LogP contribution is -1.88.